The quantitative estimate of drug-likeness (QED) is 0.747. The molecule has 2 nitrogen and oxygen atoms in total. The summed E-state index contributed by atoms with van der Waals surface area (Å²) in [5.41, 5.74) is 0.488. The molecule has 2 unspecified atom stereocenters. The van der Waals surface area contributed by atoms with Gasteiger partial charge >= 0.3 is 0 Å². The third kappa shape index (κ3) is 2.94. The van der Waals surface area contributed by atoms with Gasteiger partial charge in [-0.05, 0) is 64.1 Å². The molecule has 15 heavy (non-hydrogen) atoms. The molecular weight excluding hydrogens is 184 g/mol. The van der Waals surface area contributed by atoms with E-state index >= 15 is 0 Å². The molecule has 2 fully saturated rings. The molecule has 2 aliphatic rings. The minimum atomic E-state index is 0.488. The van der Waals surface area contributed by atoms with Crippen LogP contribution in [0, 0.1) is 5.92 Å². The van der Waals surface area contributed by atoms with Crippen LogP contribution in [0.2, 0.25) is 0 Å². The van der Waals surface area contributed by atoms with Gasteiger partial charge in [0.25, 0.3) is 0 Å². The van der Waals surface area contributed by atoms with Gasteiger partial charge in [0.2, 0.25) is 0 Å². The van der Waals surface area contributed by atoms with Crippen molar-refractivity contribution in [2.24, 2.45) is 5.92 Å². The number of nitrogens with one attached hydrogen (secondary N) is 2. The zero-order valence-electron chi connectivity index (χ0n) is 10.1. The monoisotopic (exact) mass is 210 g/mol. The Morgan fingerprint density at radius 2 is 2.13 bits per heavy atom. The first-order valence-electron chi connectivity index (χ1n) is 6.80. The fraction of sp³-hybridized carbons (Fsp3) is 1.00. The van der Waals surface area contributed by atoms with E-state index in [0.717, 1.165) is 5.92 Å². The lowest BCUT2D eigenvalue weighted by Gasteiger charge is -2.41. The minimum absolute atomic E-state index is 0.488. The summed E-state index contributed by atoms with van der Waals surface area (Å²) in [6.07, 6.45) is 9.74. The zero-order chi connectivity index (χ0) is 10.6. The smallest absolute Gasteiger partial charge is 0.0182 e. The number of hydrogen-bond acceptors (Lipinski definition) is 2. The van der Waals surface area contributed by atoms with Gasteiger partial charge in [-0.25, -0.2) is 0 Å². The van der Waals surface area contributed by atoms with Crippen LogP contribution in [0.15, 0.2) is 0 Å². The Bertz CT molecular complexity index is 179. The van der Waals surface area contributed by atoms with Crippen molar-refractivity contribution in [3.05, 3.63) is 0 Å². The average Bonchev–Trinajstić information content (AvgIpc) is 2.32. The van der Waals surface area contributed by atoms with Crippen LogP contribution in [-0.2, 0) is 0 Å². The van der Waals surface area contributed by atoms with Crippen molar-refractivity contribution in [1.82, 2.24) is 10.6 Å². The van der Waals surface area contributed by atoms with Crippen LogP contribution >= 0.6 is 0 Å². The molecule has 2 N–H and O–H groups in total. The Morgan fingerprint density at radius 1 is 1.20 bits per heavy atom. The SMILES string of the molecule is CCC1(CC2CCCNC2)CCCCN1. The van der Waals surface area contributed by atoms with Gasteiger partial charge in [-0.3, -0.25) is 0 Å². The fourth-order valence-corrected chi connectivity index (χ4v) is 3.30. The topological polar surface area (TPSA) is 24.1 Å². The summed E-state index contributed by atoms with van der Waals surface area (Å²) in [6.45, 7) is 6.09. The van der Waals surface area contributed by atoms with Crippen molar-refractivity contribution in [2.45, 2.75) is 57.4 Å². The van der Waals surface area contributed by atoms with Gasteiger partial charge < -0.3 is 10.6 Å². The van der Waals surface area contributed by atoms with E-state index in [4.69, 9.17) is 0 Å². The molecule has 2 aliphatic heterocycles. The van der Waals surface area contributed by atoms with Crippen molar-refractivity contribution < 1.29 is 0 Å². The van der Waals surface area contributed by atoms with Crippen LogP contribution in [0.3, 0.4) is 0 Å². The maximum absolute atomic E-state index is 3.80. The summed E-state index contributed by atoms with van der Waals surface area (Å²) in [5, 5.41) is 7.34. The zero-order valence-corrected chi connectivity index (χ0v) is 10.1. The van der Waals surface area contributed by atoms with E-state index in [1.54, 1.807) is 0 Å². The molecule has 2 atom stereocenters. The first-order chi connectivity index (χ1) is 7.35. The van der Waals surface area contributed by atoms with E-state index < -0.39 is 0 Å². The predicted octanol–water partition coefficient (Wildman–Crippen LogP) is 2.30. The standard InChI is InChI=1S/C13H26N2/c1-2-13(7-3-4-9-15-13)10-12-6-5-8-14-11-12/h12,14-15H,2-11H2,1H3. The molecule has 0 amide bonds. The lowest BCUT2D eigenvalue weighted by molar-refractivity contribution is 0.179. The largest absolute Gasteiger partial charge is 0.316 e. The van der Waals surface area contributed by atoms with E-state index in [1.807, 2.05) is 0 Å². The van der Waals surface area contributed by atoms with Crippen molar-refractivity contribution in [3.8, 4) is 0 Å². The molecule has 2 saturated heterocycles. The molecule has 2 heteroatoms. The number of hydrogen-bond donors (Lipinski definition) is 2. The van der Waals surface area contributed by atoms with Gasteiger partial charge in [-0.15, -0.1) is 0 Å². The Kier molecular flexibility index (Phi) is 4.04. The van der Waals surface area contributed by atoms with Crippen molar-refractivity contribution in [2.75, 3.05) is 19.6 Å². The second-order valence-electron chi connectivity index (χ2n) is 5.43. The van der Waals surface area contributed by atoms with Gasteiger partial charge in [0.05, 0.1) is 0 Å². The summed E-state index contributed by atoms with van der Waals surface area (Å²) in [4.78, 5) is 0. The van der Waals surface area contributed by atoms with E-state index in [2.05, 4.69) is 17.6 Å². The third-order valence-corrected chi connectivity index (χ3v) is 4.34. The van der Waals surface area contributed by atoms with Crippen LogP contribution in [0.5, 0.6) is 0 Å². The lowest BCUT2D eigenvalue weighted by Crippen LogP contribution is -2.50. The van der Waals surface area contributed by atoms with E-state index in [1.165, 1.54) is 64.6 Å². The van der Waals surface area contributed by atoms with Crippen molar-refractivity contribution in [3.63, 3.8) is 0 Å². The summed E-state index contributed by atoms with van der Waals surface area (Å²) < 4.78 is 0. The van der Waals surface area contributed by atoms with E-state index in [0.29, 0.717) is 5.54 Å². The molecule has 2 heterocycles. The van der Waals surface area contributed by atoms with E-state index in [9.17, 15) is 0 Å². The van der Waals surface area contributed by atoms with Crippen LogP contribution in [0.1, 0.15) is 51.9 Å². The van der Waals surface area contributed by atoms with Crippen molar-refractivity contribution in [1.29, 1.82) is 0 Å². The third-order valence-electron chi connectivity index (χ3n) is 4.34. The highest BCUT2D eigenvalue weighted by Crippen LogP contribution is 2.31. The van der Waals surface area contributed by atoms with Gasteiger partial charge in [-0.2, -0.15) is 0 Å². The van der Waals surface area contributed by atoms with Crippen LogP contribution < -0.4 is 10.6 Å². The molecule has 0 spiro atoms. The maximum atomic E-state index is 3.80. The average molecular weight is 210 g/mol. The highest BCUT2D eigenvalue weighted by molar-refractivity contribution is 4.92. The molecule has 0 aromatic carbocycles. The minimum Gasteiger partial charge on any atom is -0.316 e. The highest BCUT2D eigenvalue weighted by atomic mass is 15.0. The summed E-state index contributed by atoms with van der Waals surface area (Å²) in [6, 6.07) is 0. The predicted molar refractivity (Wildman–Crippen MR) is 65.1 cm³/mol. The Labute approximate surface area is 94.2 Å². The number of rotatable bonds is 3. The molecule has 0 radical (unpaired) electrons. The molecule has 0 bridgehead atoms. The summed E-state index contributed by atoms with van der Waals surface area (Å²) in [7, 11) is 0. The Morgan fingerprint density at radius 3 is 2.73 bits per heavy atom. The molecular formula is C13H26N2. The fourth-order valence-electron chi connectivity index (χ4n) is 3.30. The first-order valence-corrected chi connectivity index (χ1v) is 6.80. The molecule has 0 aliphatic carbocycles. The molecule has 0 aromatic rings. The molecule has 0 aromatic heterocycles. The van der Waals surface area contributed by atoms with Gasteiger partial charge in [0, 0.05) is 5.54 Å². The van der Waals surface area contributed by atoms with Crippen LogP contribution in [0.25, 0.3) is 0 Å². The van der Waals surface area contributed by atoms with Crippen LogP contribution in [0.4, 0.5) is 0 Å². The second-order valence-corrected chi connectivity index (χ2v) is 5.43. The van der Waals surface area contributed by atoms with E-state index in [-0.39, 0.29) is 0 Å². The summed E-state index contributed by atoms with van der Waals surface area (Å²) in [5.74, 6) is 0.921. The Balaban J connectivity index is 1.87. The van der Waals surface area contributed by atoms with Gasteiger partial charge in [-0.1, -0.05) is 13.3 Å². The summed E-state index contributed by atoms with van der Waals surface area (Å²) >= 11 is 0. The maximum Gasteiger partial charge on any atom is 0.0182 e. The first kappa shape index (κ1) is 11.4. The molecule has 88 valence electrons. The molecule has 2 rings (SSSR count). The van der Waals surface area contributed by atoms with Crippen LogP contribution in [-0.4, -0.2) is 25.2 Å². The van der Waals surface area contributed by atoms with Gasteiger partial charge in [0.1, 0.15) is 0 Å². The number of piperidine rings is 2. The molecule has 0 saturated carbocycles. The lowest BCUT2D eigenvalue weighted by atomic mass is 9.77. The van der Waals surface area contributed by atoms with Gasteiger partial charge in [0.15, 0.2) is 0 Å². The normalized spacial score (nSPS) is 37.8. The highest BCUT2D eigenvalue weighted by Gasteiger charge is 2.32. The van der Waals surface area contributed by atoms with Crippen molar-refractivity contribution >= 4 is 0 Å². The second kappa shape index (κ2) is 5.31. The Hall–Kier alpha value is -0.0800.